The Labute approximate surface area is 200 Å². The van der Waals surface area contributed by atoms with Crippen molar-refractivity contribution in [2.45, 2.75) is 123 Å². The molecule has 0 saturated carbocycles. The average molecular weight is 498 g/mol. The fraction of sp³-hybridized carbons (Fsp3) is 0.957. The van der Waals surface area contributed by atoms with E-state index >= 15 is 0 Å². The summed E-state index contributed by atoms with van der Waals surface area (Å²) in [4.78, 5) is 21.7. The maximum atomic E-state index is 12.3. The molecule has 32 heavy (non-hydrogen) atoms. The molecular weight excluding hydrogens is 449 g/mol. The van der Waals surface area contributed by atoms with Gasteiger partial charge in [-0.25, -0.2) is 4.57 Å². The molecule has 0 saturated heterocycles. The largest absolute Gasteiger partial charge is 0.472 e. The third kappa shape index (κ3) is 17.4. The Bertz CT molecular complexity index is 533. The highest BCUT2D eigenvalue weighted by Crippen LogP contribution is 2.48. The Hall–Kier alpha value is -0.110. The van der Waals surface area contributed by atoms with Crippen molar-refractivity contribution < 1.29 is 28.0 Å². The van der Waals surface area contributed by atoms with Gasteiger partial charge in [0.25, 0.3) is 0 Å². The Morgan fingerprint density at radius 2 is 1.56 bits per heavy atom. The summed E-state index contributed by atoms with van der Waals surface area (Å²) >= 11 is 1.67. The van der Waals surface area contributed by atoms with Gasteiger partial charge in [-0.1, -0.05) is 71.6 Å². The van der Waals surface area contributed by atoms with Gasteiger partial charge in [-0.3, -0.25) is 13.8 Å². The van der Waals surface area contributed by atoms with Crippen molar-refractivity contribution in [1.82, 2.24) is 0 Å². The van der Waals surface area contributed by atoms with E-state index in [1.54, 1.807) is 39.5 Å². The van der Waals surface area contributed by atoms with Crippen LogP contribution in [0.2, 0.25) is 0 Å². The maximum absolute atomic E-state index is 12.3. The van der Waals surface area contributed by atoms with Gasteiger partial charge in [0.05, 0.1) is 12.2 Å². The van der Waals surface area contributed by atoms with Gasteiger partial charge < -0.3 is 15.4 Å². The van der Waals surface area contributed by atoms with Crippen LogP contribution in [0.15, 0.2) is 0 Å². The third-order valence-electron chi connectivity index (χ3n) is 5.40. The fourth-order valence-electron chi connectivity index (χ4n) is 2.88. The van der Waals surface area contributed by atoms with E-state index < -0.39 is 25.6 Å². The number of thioether (sulfide) groups is 1. The number of rotatable bonds is 21. The van der Waals surface area contributed by atoms with E-state index in [9.17, 15) is 14.3 Å². The minimum absolute atomic E-state index is 0.195. The molecule has 0 aromatic carbocycles. The molecule has 7 nitrogen and oxygen atoms in total. The van der Waals surface area contributed by atoms with Crippen LogP contribution in [0.3, 0.4) is 0 Å². The molecule has 0 aromatic heterocycles. The minimum atomic E-state index is -4.32. The Kier molecular flexibility index (Phi) is 18.2. The first kappa shape index (κ1) is 31.9. The first-order valence-corrected chi connectivity index (χ1v) is 14.9. The van der Waals surface area contributed by atoms with Crippen molar-refractivity contribution in [3.8, 4) is 0 Å². The lowest BCUT2D eigenvalue weighted by Gasteiger charge is -2.30. The van der Waals surface area contributed by atoms with E-state index in [0.717, 1.165) is 12.2 Å². The van der Waals surface area contributed by atoms with Crippen molar-refractivity contribution in [2.75, 3.05) is 18.1 Å². The SMILES string of the molecule is CCCCCCCCCCCCSCC(COP(=O)(O)OC(C)(C)C(C)N)OC(=O)CC. The van der Waals surface area contributed by atoms with Crippen molar-refractivity contribution >= 4 is 25.6 Å². The number of esters is 1. The van der Waals surface area contributed by atoms with Gasteiger partial charge in [0.2, 0.25) is 0 Å². The van der Waals surface area contributed by atoms with Crippen LogP contribution in [0.1, 0.15) is 105 Å². The summed E-state index contributed by atoms with van der Waals surface area (Å²) in [6, 6.07) is -0.461. The van der Waals surface area contributed by atoms with Crippen LogP contribution in [0, 0.1) is 0 Å². The molecule has 0 aliphatic rings. The number of carbonyl (C=O) groups excluding carboxylic acids is 1. The molecule has 0 radical (unpaired) electrons. The summed E-state index contributed by atoms with van der Waals surface area (Å²) in [5.41, 5.74) is 4.77. The van der Waals surface area contributed by atoms with Crippen molar-refractivity contribution in [1.29, 1.82) is 0 Å². The quantitative estimate of drug-likeness (QED) is 0.109. The van der Waals surface area contributed by atoms with Crippen LogP contribution < -0.4 is 5.73 Å². The molecule has 3 N–H and O–H groups in total. The molecule has 0 aliphatic heterocycles. The van der Waals surface area contributed by atoms with Gasteiger partial charge in [-0.15, -0.1) is 0 Å². The van der Waals surface area contributed by atoms with Gasteiger partial charge >= 0.3 is 13.8 Å². The number of phosphoric acid groups is 1. The minimum Gasteiger partial charge on any atom is -0.459 e. The summed E-state index contributed by atoms with van der Waals surface area (Å²) in [6.45, 7) is 8.70. The van der Waals surface area contributed by atoms with Gasteiger partial charge in [-0.2, -0.15) is 11.8 Å². The number of nitrogens with two attached hydrogens (primary N) is 1. The number of unbranched alkanes of at least 4 members (excludes halogenated alkanes) is 9. The highest BCUT2D eigenvalue weighted by atomic mass is 32.2. The Morgan fingerprint density at radius 1 is 1.03 bits per heavy atom. The highest BCUT2D eigenvalue weighted by molar-refractivity contribution is 7.99. The van der Waals surface area contributed by atoms with Crippen LogP contribution >= 0.6 is 19.6 Å². The van der Waals surface area contributed by atoms with E-state index in [1.165, 1.54) is 57.8 Å². The summed E-state index contributed by atoms with van der Waals surface area (Å²) in [6.07, 6.45) is 12.5. The highest BCUT2D eigenvalue weighted by Gasteiger charge is 2.35. The second-order valence-corrected chi connectivity index (χ2v) is 11.5. The van der Waals surface area contributed by atoms with Crippen molar-refractivity contribution in [3.05, 3.63) is 0 Å². The van der Waals surface area contributed by atoms with E-state index in [2.05, 4.69) is 6.92 Å². The summed E-state index contributed by atoms with van der Waals surface area (Å²) in [7, 11) is -4.32. The third-order valence-corrected chi connectivity index (χ3v) is 7.77. The van der Waals surface area contributed by atoms with Crippen LogP contribution in [0.4, 0.5) is 0 Å². The molecule has 0 aliphatic carbocycles. The van der Waals surface area contributed by atoms with Gasteiger partial charge in [-0.05, 0) is 32.9 Å². The molecule has 0 heterocycles. The molecule has 0 aromatic rings. The first-order chi connectivity index (χ1) is 15.0. The molecule has 3 atom stereocenters. The molecule has 0 amide bonds. The summed E-state index contributed by atoms with van der Waals surface area (Å²) in [5.74, 6) is 1.12. The maximum Gasteiger partial charge on any atom is 0.472 e. The van der Waals surface area contributed by atoms with Crippen LogP contribution in [-0.2, 0) is 23.1 Å². The Balaban J connectivity index is 4.17. The first-order valence-electron chi connectivity index (χ1n) is 12.2. The molecule has 0 spiro atoms. The molecule has 0 rings (SSSR count). The number of hydrogen-bond donors (Lipinski definition) is 2. The van der Waals surface area contributed by atoms with Crippen LogP contribution in [0.25, 0.3) is 0 Å². The number of carbonyl (C=O) groups is 1. The monoisotopic (exact) mass is 497 g/mol. The standard InChI is InChI=1S/C23H48NO6PS/c1-6-8-9-10-11-12-13-14-15-16-17-32-19-21(29-22(25)7-2)18-28-31(26,27)30-23(4,5)20(3)24/h20-21H,6-19,24H2,1-5H3,(H,26,27). The van der Waals surface area contributed by atoms with E-state index in [4.69, 9.17) is 19.5 Å². The topological polar surface area (TPSA) is 108 Å². The van der Waals surface area contributed by atoms with E-state index in [1.807, 2.05) is 0 Å². The molecule has 0 fully saturated rings. The number of ether oxygens (including phenoxy) is 1. The lowest BCUT2D eigenvalue weighted by Crippen LogP contribution is -2.42. The average Bonchev–Trinajstić information content (AvgIpc) is 2.71. The van der Waals surface area contributed by atoms with Crippen molar-refractivity contribution in [2.24, 2.45) is 5.73 Å². The van der Waals surface area contributed by atoms with Crippen LogP contribution in [-0.4, -0.2) is 46.7 Å². The van der Waals surface area contributed by atoms with E-state index in [-0.39, 0.29) is 19.0 Å². The molecule has 192 valence electrons. The zero-order valence-corrected chi connectivity index (χ0v) is 22.7. The zero-order chi connectivity index (χ0) is 24.5. The van der Waals surface area contributed by atoms with Gasteiger partial charge in [0.1, 0.15) is 6.10 Å². The van der Waals surface area contributed by atoms with E-state index in [0.29, 0.717) is 5.75 Å². The lowest BCUT2D eigenvalue weighted by molar-refractivity contribution is -0.149. The molecule has 9 heteroatoms. The smallest absolute Gasteiger partial charge is 0.459 e. The molecule has 3 unspecified atom stereocenters. The van der Waals surface area contributed by atoms with Gasteiger partial charge in [0, 0.05) is 18.2 Å². The molecular formula is C23H48NO6PS. The normalized spacial score (nSPS) is 15.8. The fourth-order valence-corrected chi connectivity index (χ4v) is 5.05. The second kappa shape index (κ2) is 18.2. The number of phosphoric ester groups is 1. The predicted molar refractivity (Wildman–Crippen MR) is 134 cm³/mol. The van der Waals surface area contributed by atoms with Crippen molar-refractivity contribution in [3.63, 3.8) is 0 Å². The van der Waals surface area contributed by atoms with Gasteiger partial charge in [0.15, 0.2) is 0 Å². The second-order valence-electron chi connectivity index (χ2n) is 8.97. The Morgan fingerprint density at radius 3 is 2.06 bits per heavy atom. The van der Waals surface area contributed by atoms with Crippen LogP contribution in [0.5, 0.6) is 0 Å². The predicted octanol–water partition coefficient (Wildman–Crippen LogP) is 6.22. The zero-order valence-electron chi connectivity index (χ0n) is 21.0. The number of hydrogen-bond acceptors (Lipinski definition) is 7. The lowest BCUT2D eigenvalue weighted by atomic mass is 10.0. The summed E-state index contributed by atoms with van der Waals surface area (Å²) < 4.78 is 28.0. The summed E-state index contributed by atoms with van der Waals surface area (Å²) in [5, 5.41) is 0. The molecule has 0 bridgehead atoms.